The molecule has 0 bridgehead atoms. The Balaban J connectivity index is 0.00000243. The number of hydrogen-bond donors (Lipinski definition) is 2. The van der Waals surface area contributed by atoms with Gasteiger partial charge in [-0.2, -0.15) is 0 Å². The van der Waals surface area contributed by atoms with Gasteiger partial charge in [0.1, 0.15) is 0 Å². The quantitative estimate of drug-likeness (QED) is 0.665. The van der Waals surface area contributed by atoms with E-state index in [-0.39, 0.29) is 35.0 Å². The molecule has 2 heterocycles. The summed E-state index contributed by atoms with van der Waals surface area (Å²) in [5.41, 5.74) is -0.0920. The van der Waals surface area contributed by atoms with Crippen LogP contribution in [0.1, 0.15) is 33.6 Å². The molecule has 0 aromatic heterocycles. The lowest BCUT2D eigenvalue weighted by Gasteiger charge is -2.28. The van der Waals surface area contributed by atoms with Crippen LogP contribution < -0.4 is 10.0 Å². The number of rotatable bonds is 6. The van der Waals surface area contributed by atoms with E-state index in [1.165, 1.54) is 25.2 Å². The van der Waals surface area contributed by atoms with Crippen LogP contribution >= 0.6 is 12.4 Å². The SMILES string of the molecule is COCC1(CNS(=O)(=O)c2ccc3c(c2)C(=O)N(C)C3=O)CCCN1.Cl. The van der Waals surface area contributed by atoms with Gasteiger partial charge < -0.3 is 10.1 Å². The molecule has 1 aromatic carbocycles. The van der Waals surface area contributed by atoms with Crippen molar-refractivity contribution >= 4 is 34.2 Å². The maximum atomic E-state index is 12.6. The average molecular weight is 404 g/mol. The second-order valence-corrected chi connectivity index (χ2v) is 8.21. The van der Waals surface area contributed by atoms with Crippen molar-refractivity contribution in [3.8, 4) is 0 Å². The molecule has 1 aromatic rings. The molecule has 144 valence electrons. The Bertz CT molecular complexity index is 821. The molecule has 26 heavy (non-hydrogen) atoms. The van der Waals surface area contributed by atoms with E-state index in [0.29, 0.717) is 6.61 Å². The number of halogens is 1. The number of carbonyl (C=O) groups excluding carboxylic acids is 2. The highest BCUT2D eigenvalue weighted by atomic mass is 35.5. The molecule has 1 fully saturated rings. The van der Waals surface area contributed by atoms with Crippen molar-refractivity contribution in [2.24, 2.45) is 0 Å². The summed E-state index contributed by atoms with van der Waals surface area (Å²) in [7, 11) is -0.860. The third-order valence-electron chi connectivity index (χ3n) is 4.72. The molecule has 3 rings (SSSR count). The molecule has 2 aliphatic rings. The molecule has 1 unspecified atom stereocenters. The first-order chi connectivity index (χ1) is 11.8. The van der Waals surface area contributed by atoms with E-state index in [1.54, 1.807) is 7.11 Å². The molecule has 1 atom stereocenters. The number of methoxy groups -OCH3 is 1. The summed E-state index contributed by atoms with van der Waals surface area (Å²) in [5.74, 6) is -0.920. The predicted molar refractivity (Wildman–Crippen MR) is 97.1 cm³/mol. The van der Waals surface area contributed by atoms with E-state index in [9.17, 15) is 18.0 Å². The van der Waals surface area contributed by atoms with E-state index in [2.05, 4.69) is 10.0 Å². The Hall–Kier alpha value is -1.52. The van der Waals surface area contributed by atoms with Crippen LogP contribution in [0.4, 0.5) is 0 Å². The largest absolute Gasteiger partial charge is 0.383 e. The van der Waals surface area contributed by atoms with E-state index in [4.69, 9.17) is 4.74 Å². The van der Waals surface area contributed by atoms with Crippen molar-refractivity contribution < 1.29 is 22.7 Å². The summed E-state index contributed by atoms with van der Waals surface area (Å²) < 4.78 is 33.0. The summed E-state index contributed by atoms with van der Waals surface area (Å²) in [4.78, 5) is 24.9. The highest BCUT2D eigenvalue weighted by Crippen LogP contribution is 2.25. The highest BCUT2D eigenvalue weighted by Gasteiger charge is 2.36. The van der Waals surface area contributed by atoms with Crippen molar-refractivity contribution in [2.75, 3.05) is 33.9 Å². The number of fused-ring (bicyclic) bond motifs is 1. The minimum Gasteiger partial charge on any atom is -0.383 e. The second-order valence-electron chi connectivity index (χ2n) is 6.44. The van der Waals surface area contributed by atoms with Gasteiger partial charge in [0, 0.05) is 20.7 Å². The molecule has 0 spiro atoms. The van der Waals surface area contributed by atoms with Crippen LogP contribution in [0.25, 0.3) is 0 Å². The number of imide groups is 1. The van der Waals surface area contributed by atoms with Gasteiger partial charge in [-0.3, -0.25) is 14.5 Å². The summed E-state index contributed by atoms with van der Waals surface area (Å²) >= 11 is 0. The van der Waals surface area contributed by atoms with Gasteiger partial charge >= 0.3 is 0 Å². The number of hydrogen-bond acceptors (Lipinski definition) is 6. The van der Waals surface area contributed by atoms with Crippen molar-refractivity contribution in [1.29, 1.82) is 0 Å². The molecule has 0 aliphatic carbocycles. The summed E-state index contributed by atoms with van der Waals surface area (Å²) in [6, 6.07) is 3.98. The maximum Gasteiger partial charge on any atom is 0.261 e. The Labute approximate surface area is 158 Å². The molecule has 8 nitrogen and oxygen atoms in total. The van der Waals surface area contributed by atoms with E-state index in [0.717, 1.165) is 24.3 Å². The molecule has 2 amide bonds. The number of nitrogens with zero attached hydrogens (tertiary/aromatic N) is 1. The lowest BCUT2D eigenvalue weighted by molar-refractivity contribution is 0.0693. The van der Waals surface area contributed by atoms with Gasteiger partial charge in [-0.1, -0.05) is 0 Å². The van der Waals surface area contributed by atoms with Gasteiger partial charge in [-0.05, 0) is 37.6 Å². The molecule has 0 saturated carbocycles. The third kappa shape index (κ3) is 3.63. The fourth-order valence-corrected chi connectivity index (χ4v) is 4.45. The number of benzene rings is 1. The molecule has 0 radical (unpaired) electrons. The predicted octanol–water partition coefficient (Wildman–Crippen LogP) is 0.381. The Morgan fingerprint density at radius 3 is 2.58 bits per heavy atom. The normalized spacial score (nSPS) is 22.5. The number of sulfonamides is 1. The van der Waals surface area contributed by atoms with Gasteiger partial charge in [0.15, 0.2) is 0 Å². The molecular formula is C16H22ClN3O5S. The zero-order valence-electron chi connectivity index (χ0n) is 14.6. The first-order valence-electron chi connectivity index (χ1n) is 8.00. The smallest absolute Gasteiger partial charge is 0.261 e. The van der Waals surface area contributed by atoms with E-state index >= 15 is 0 Å². The Morgan fingerprint density at radius 1 is 1.27 bits per heavy atom. The molecule has 2 aliphatic heterocycles. The number of carbonyl (C=O) groups is 2. The van der Waals surface area contributed by atoms with Gasteiger partial charge in [0.25, 0.3) is 11.8 Å². The Morgan fingerprint density at radius 2 is 1.96 bits per heavy atom. The number of ether oxygens (including phenoxy) is 1. The van der Waals surface area contributed by atoms with Crippen LogP contribution in [-0.4, -0.2) is 64.5 Å². The first-order valence-corrected chi connectivity index (χ1v) is 9.48. The van der Waals surface area contributed by atoms with Crippen molar-refractivity contribution in [1.82, 2.24) is 14.9 Å². The van der Waals surface area contributed by atoms with Crippen LogP contribution in [0, 0.1) is 0 Å². The van der Waals surface area contributed by atoms with Gasteiger partial charge in [0.2, 0.25) is 10.0 Å². The minimum atomic E-state index is -3.81. The van der Waals surface area contributed by atoms with Gasteiger partial charge in [-0.25, -0.2) is 13.1 Å². The van der Waals surface area contributed by atoms with Crippen LogP contribution in [0.5, 0.6) is 0 Å². The van der Waals surface area contributed by atoms with Crippen molar-refractivity contribution in [3.05, 3.63) is 29.3 Å². The van der Waals surface area contributed by atoms with Crippen molar-refractivity contribution in [3.63, 3.8) is 0 Å². The molecular weight excluding hydrogens is 382 g/mol. The topological polar surface area (TPSA) is 105 Å². The van der Waals surface area contributed by atoms with Gasteiger partial charge in [0.05, 0.1) is 28.2 Å². The third-order valence-corrected chi connectivity index (χ3v) is 6.12. The second kappa shape index (κ2) is 7.61. The molecule has 2 N–H and O–H groups in total. The van der Waals surface area contributed by atoms with Crippen LogP contribution in [0.15, 0.2) is 23.1 Å². The molecule has 10 heteroatoms. The van der Waals surface area contributed by atoms with Gasteiger partial charge in [-0.15, -0.1) is 12.4 Å². The molecule has 1 saturated heterocycles. The fourth-order valence-electron chi connectivity index (χ4n) is 3.29. The monoisotopic (exact) mass is 403 g/mol. The number of amides is 2. The highest BCUT2D eigenvalue weighted by molar-refractivity contribution is 7.89. The van der Waals surface area contributed by atoms with E-state index in [1.807, 2.05) is 0 Å². The van der Waals surface area contributed by atoms with Crippen LogP contribution in [0.3, 0.4) is 0 Å². The van der Waals surface area contributed by atoms with Crippen LogP contribution in [0.2, 0.25) is 0 Å². The summed E-state index contributed by atoms with van der Waals surface area (Å²) in [6.07, 6.45) is 1.76. The standard InChI is InChI=1S/C16H21N3O5S.ClH/c1-19-14(20)12-5-4-11(8-13(12)15(19)21)25(22,23)18-9-16(10-24-2)6-3-7-17-16;/h4-5,8,17-18H,3,6-7,9-10H2,1-2H3;1H. The van der Waals surface area contributed by atoms with Crippen molar-refractivity contribution in [2.45, 2.75) is 23.3 Å². The average Bonchev–Trinajstić information content (AvgIpc) is 3.14. The Kier molecular flexibility index (Phi) is 6.09. The lowest BCUT2D eigenvalue weighted by atomic mass is 9.99. The first kappa shape index (κ1) is 20.8. The maximum absolute atomic E-state index is 12.6. The zero-order chi connectivity index (χ0) is 18.2. The van der Waals surface area contributed by atoms with Crippen LogP contribution in [-0.2, 0) is 14.8 Å². The summed E-state index contributed by atoms with van der Waals surface area (Å²) in [6.45, 7) is 1.40. The number of nitrogens with one attached hydrogen (secondary N) is 2. The fraction of sp³-hybridized carbons (Fsp3) is 0.500. The lowest BCUT2D eigenvalue weighted by Crippen LogP contribution is -2.52. The van der Waals surface area contributed by atoms with E-state index < -0.39 is 27.4 Å². The zero-order valence-corrected chi connectivity index (χ0v) is 16.2. The summed E-state index contributed by atoms with van der Waals surface area (Å²) in [5, 5.41) is 3.30. The minimum absolute atomic E-state index is 0.